The van der Waals surface area contributed by atoms with Gasteiger partial charge in [-0.2, -0.15) is 0 Å². The van der Waals surface area contributed by atoms with Gasteiger partial charge < -0.3 is 5.32 Å². The summed E-state index contributed by atoms with van der Waals surface area (Å²) in [5.74, 6) is -0.578. The number of aryl methyl sites for hydroxylation is 1. The standard InChI is InChI=1S/C15H18N2O3/c1-3-16-13(18)5-4-8-17-14(19)11-7-6-10(2)9-12(11)15(17)20/h6-7,9H,3-5,8H2,1-2H3,(H,16,18). The molecule has 106 valence electrons. The maximum atomic E-state index is 12.2. The van der Waals surface area contributed by atoms with Gasteiger partial charge >= 0.3 is 0 Å². The van der Waals surface area contributed by atoms with Gasteiger partial charge in [0.15, 0.2) is 0 Å². The molecule has 5 nitrogen and oxygen atoms in total. The average Bonchev–Trinajstić information content (AvgIpc) is 2.63. The quantitative estimate of drug-likeness (QED) is 0.828. The van der Waals surface area contributed by atoms with Crippen molar-refractivity contribution in [2.45, 2.75) is 26.7 Å². The highest BCUT2D eigenvalue weighted by atomic mass is 16.2. The van der Waals surface area contributed by atoms with E-state index in [0.29, 0.717) is 30.5 Å². The molecule has 0 unspecified atom stereocenters. The average molecular weight is 274 g/mol. The number of amides is 3. The van der Waals surface area contributed by atoms with E-state index in [1.807, 2.05) is 19.9 Å². The topological polar surface area (TPSA) is 66.5 Å². The predicted octanol–water partition coefficient (Wildman–Crippen LogP) is 1.51. The predicted molar refractivity (Wildman–Crippen MR) is 74.5 cm³/mol. The van der Waals surface area contributed by atoms with Crippen molar-refractivity contribution in [2.24, 2.45) is 0 Å². The van der Waals surface area contributed by atoms with Gasteiger partial charge in [-0.3, -0.25) is 19.3 Å². The lowest BCUT2D eigenvalue weighted by Gasteiger charge is -2.13. The monoisotopic (exact) mass is 274 g/mol. The Kier molecular flexibility index (Phi) is 4.17. The first-order valence-electron chi connectivity index (χ1n) is 6.78. The van der Waals surface area contributed by atoms with E-state index in [1.54, 1.807) is 12.1 Å². The first kappa shape index (κ1) is 14.2. The van der Waals surface area contributed by atoms with Gasteiger partial charge in [0, 0.05) is 19.5 Å². The molecule has 0 fully saturated rings. The van der Waals surface area contributed by atoms with Crippen LogP contribution in [0.4, 0.5) is 0 Å². The van der Waals surface area contributed by atoms with Crippen LogP contribution in [0.25, 0.3) is 0 Å². The molecule has 3 amide bonds. The Morgan fingerprint density at radius 2 is 1.90 bits per heavy atom. The minimum atomic E-state index is -0.263. The molecule has 0 atom stereocenters. The molecule has 2 rings (SSSR count). The number of nitrogens with zero attached hydrogens (tertiary/aromatic N) is 1. The highest BCUT2D eigenvalue weighted by molar-refractivity contribution is 6.21. The summed E-state index contributed by atoms with van der Waals surface area (Å²) in [5, 5.41) is 2.69. The summed E-state index contributed by atoms with van der Waals surface area (Å²) in [6.07, 6.45) is 0.802. The molecule has 1 aliphatic heterocycles. The van der Waals surface area contributed by atoms with Gasteiger partial charge in [-0.1, -0.05) is 11.6 Å². The number of carbonyl (C=O) groups is 3. The van der Waals surface area contributed by atoms with E-state index in [4.69, 9.17) is 0 Å². The van der Waals surface area contributed by atoms with E-state index in [1.165, 1.54) is 4.90 Å². The van der Waals surface area contributed by atoms with Crippen molar-refractivity contribution in [1.29, 1.82) is 0 Å². The van der Waals surface area contributed by atoms with Crippen LogP contribution in [0.15, 0.2) is 18.2 Å². The number of fused-ring (bicyclic) bond motifs is 1. The zero-order valence-electron chi connectivity index (χ0n) is 11.7. The maximum absolute atomic E-state index is 12.2. The Morgan fingerprint density at radius 3 is 2.60 bits per heavy atom. The summed E-state index contributed by atoms with van der Waals surface area (Å²) < 4.78 is 0. The van der Waals surface area contributed by atoms with Crippen LogP contribution in [0.2, 0.25) is 0 Å². The van der Waals surface area contributed by atoms with Crippen LogP contribution in [-0.2, 0) is 4.79 Å². The number of nitrogens with one attached hydrogen (secondary N) is 1. The number of carbonyl (C=O) groups excluding carboxylic acids is 3. The van der Waals surface area contributed by atoms with Gasteiger partial charge in [-0.25, -0.2) is 0 Å². The molecule has 0 saturated heterocycles. The second-order valence-corrected chi connectivity index (χ2v) is 4.87. The fraction of sp³-hybridized carbons (Fsp3) is 0.400. The minimum Gasteiger partial charge on any atom is -0.356 e. The van der Waals surface area contributed by atoms with E-state index in [-0.39, 0.29) is 24.3 Å². The first-order chi connectivity index (χ1) is 9.54. The molecular weight excluding hydrogens is 256 g/mol. The molecule has 20 heavy (non-hydrogen) atoms. The summed E-state index contributed by atoms with van der Waals surface area (Å²) in [7, 11) is 0. The SMILES string of the molecule is CCNC(=O)CCCN1C(=O)c2ccc(C)cc2C1=O. The van der Waals surface area contributed by atoms with Crippen LogP contribution in [0.5, 0.6) is 0 Å². The van der Waals surface area contributed by atoms with Crippen molar-refractivity contribution in [3.05, 3.63) is 34.9 Å². The molecule has 1 aromatic carbocycles. The number of imide groups is 1. The Morgan fingerprint density at radius 1 is 1.20 bits per heavy atom. The molecule has 0 spiro atoms. The fourth-order valence-electron chi connectivity index (χ4n) is 2.29. The van der Waals surface area contributed by atoms with Crippen LogP contribution in [0.3, 0.4) is 0 Å². The van der Waals surface area contributed by atoms with Crippen molar-refractivity contribution in [2.75, 3.05) is 13.1 Å². The second kappa shape index (κ2) is 5.86. The lowest BCUT2D eigenvalue weighted by atomic mass is 10.1. The van der Waals surface area contributed by atoms with Crippen molar-refractivity contribution in [3.8, 4) is 0 Å². The van der Waals surface area contributed by atoms with Crippen LogP contribution in [0, 0.1) is 6.92 Å². The van der Waals surface area contributed by atoms with Gasteiger partial charge in [0.1, 0.15) is 0 Å². The van der Waals surface area contributed by atoms with Crippen molar-refractivity contribution in [1.82, 2.24) is 10.2 Å². The number of rotatable bonds is 5. The maximum Gasteiger partial charge on any atom is 0.261 e. The molecule has 1 aliphatic rings. The zero-order valence-corrected chi connectivity index (χ0v) is 11.7. The summed E-state index contributed by atoms with van der Waals surface area (Å²) in [6.45, 7) is 4.60. The van der Waals surface area contributed by atoms with E-state index in [9.17, 15) is 14.4 Å². The third kappa shape index (κ3) is 2.71. The lowest BCUT2D eigenvalue weighted by molar-refractivity contribution is -0.121. The van der Waals surface area contributed by atoms with Crippen molar-refractivity contribution in [3.63, 3.8) is 0 Å². The molecule has 1 N–H and O–H groups in total. The molecule has 0 bridgehead atoms. The Balaban J connectivity index is 2.00. The summed E-state index contributed by atoms with van der Waals surface area (Å²) >= 11 is 0. The molecule has 0 saturated carbocycles. The van der Waals surface area contributed by atoms with E-state index in [0.717, 1.165) is 5.56 Å². The van der Waals surface area contributed by atoms with E-state index < -0.39 is 0 Å². The van der Waals surface area contributed by atoms with Gasteiger partial charge in [0.05, 0.1) is 11.1 Å². The van der Waals surface area contributed by atoms with Crippen molar-refractivity contribution >= 4 is 17.7 Å². The van der Waals surface area contributed by atoms with E-state index >= 15 is 0 Å². The number of hydrogen-bond acceptors (Lipinski definition) is 3. The van der Waals surface area contributed by atoms with Gasteiger partial charge in [0.2, 0.25) is 5.91 Å². The van der Waals surface area contributed by atoms with E-state index in [2.05, 4.69) is 5.32 Å². The van der Waals surface area contributed by atoms with Crippen LogP contribution >= 0.6 is 0 Å². The molecule has 1 heterocycles. The summed E-state index contributed by atoms with van der Waals surface area (Å²) in [6, 6.07) is 5.25. The van der Waals surface area contributed by atoms with Crippen LogP contribution in [-0.4, -0.2) is 35.7 Å². The highest BCUT2D eigenvalue weighted by Gasteiger charge is 2.34. The van der Waals surface area contributed by atoms with Crippen molar-refractivity contribution < 1.29 is 14.4 Å². The summed E-state index contributed by atoms with van der Waals surface area (Å²) in [4.78, 5) is 36.9. The molecule has 1 aromatic rings. The molecule has 0 radical (unpaired) electrons. The minimum absolute atomic E-state index is 0.0556. The smallest absolute Gasteiger partial charge is 0.261 e. The molecule has 0 aliphatic carbocycles. The number of hydrogen-bond donors (Lipinski definition) is 1. The largest absolute Gasteiger partial charge is 0.356 e. The third-order valence-electron chi connectivity index (χ3n) is 3.29. The Bertz CT molecular complexity index is 566. The molecule has 0 aromatic heterocycles. The van der Waals surface area contributed by atoms with Crippen LogP contribution < -0.4 is 5.32 Å². The lowest BCUT2D eigenvalue weighted by Crippen LogP contribution is -2.32. The first-order valence-corrected chi connectivity index (χ1v) is 6.78. The normalized spacial score (nSPS) is 13.6. The Hall–Kier alpha value is -2.17. The molecule has 5 heteroatoms. The third-order valence-corrected chi connectivity index (χ3v) is 3.29. The molecular formula is C15H18N2O3. The van der Waals surface area contributed by atoms with Gasteiger partial charge in [-0.15, -0.1) is 0 Å². The van der Waals surface area contributed by atoms with Gasteiger partial charge in [-0.05, 0) is 32.4 Å². The Labute approximate surface area is 118 Å². The number of benzene rings is 1. The second-order valence-electron chi connectivity index (χ2n) is 4.87. The van der Waals surface area contributed by atoms with Crippen LogP contribution in [0.1, 0.15) is 46.0 Å². The summed E-state index contributed by atoms with van der Waals surface area (Å²) in [5.41, 5.74) is 1.88. The zero-order chi connectivity index (χ0) is 14.7. The fourth-order valence-corrected chi connectivity index (χ4v) is 2.29. The van der Waals surface area contributed by atoms with Gasteiger partial charge in [0.25, 0.3) is 11.8 Å². The highest BCUT2D eigenvalue weighted by Crippen LogP contribution is 2.24.